The fraction of sp³-hybridized carbons (Fsp3) is 0.500. The molecule has 1 aromatic carbocycles. The number of nitrogens with zero attached hydrogens (tertiary/aromatic N) is 1. The Hall–Kier alpha value is -1.21. The van der Waals surface area contributed by atoms with Crippen LogP contribution in [0.25, 0.3) is 0 Å². The number of hydrogen-bond acceptors (Lipinski definition) is 4. The number of likely N-dealkylation sites (tertiary alicyclic amines) is 1. The SMILES string of the molecule is O=C(CN1C(=O)[C@@H]2[C@@H]3C[C@@H]([C@H](Br)[C@@H]3Br)[C@@H]2C1=O)OCc1ccccc1. The van der Waals surface area contributed by atoms with Crippen molar-refractivity contribution in [2.45, 2.75) is 22.7 Å². The first-order valence-electron chi connectivity index (χ1n) is 8.32. The van der Waals surface area contributed by atoms with Gasteiger partial charge in [0.1, 0.15) is 13.2 Å². The van der Waals surface area contributed by atoms with Gasteiger partial charge in [0.25, 0.3) is 0 Å². The Morgan fingerprint density at radius 3 is 2.16 bits per heavy atom. The van der Waals surface area contributed by atoms with Crippen LogP contribution in [0.15, 0.2) is 30.3 Å². The number of hydrogen-bond donors (Lipinski definition) is 0. The minimum Gasteiger partial charge on any atom is -0.459 e. The summed E-state index contributed by atoms with van der Waals surface area (Å²) >= 11 is 7.29. The minimum atomic E-state index is -0.552. The van der Waals surface area contributed by atoms with Crippen LogP contribution < -0.4 is 0 Å². The molecule has 2 amide bonds. The highest BCUT2D eigenvalue weighted by Crippen LogP contribution is 2.60. The van der Waals surface area contributed by atoms with E-state index in [1.54, 1.807) is 0 Å². The van der Waals surface area contributed by atoms with Crippen LogP contribution in [-0.4, -0.2) is 38.9 Å². The second kappa shape index (κ2) is 6.50. The first kappa shape index (κ1) is 17.2. The maximum atomic E-state index is 12.7. The highest BCUT2D eigenvalue weighted by atomic mass is 79.9. The van der Waals surface area contributed by atoms with Crippen molar-refractivity contribution in [3.63, 3.8) is 0 Å². The van der Waals surface area contributed by atoms with E-state index in [-0.39, 0.29) is 58.3 Å². The van der Waals surface area contributed by atoms with Crippen molar-refractivity contribution >= 4 is 49.6 Å². The maximum absolute atomic E-state index is 12.7. The lowest BCUT2D eigenvalue weighted by Crippen LogP contribution is -2.38. The average Bonchev–Trinajstić information content (AvgIpc) is 3.21. The molecular formula is C18H17Br2NO4. The molecule has 0 spiro atoms. The van der Waals surface area contributed by atoms with Gasteiger partial charge in [-0.2, -0.15) is 0 Å². The molecule has 2 bridgehead atoms. The summed E-state index contributed by atoms with van der Waals surface area (Å²) in [6.45, 7) is -0.155. The van der Waals surface area contributed by atoms with E-state index < -0.39 is 5.97 Å². The summed E-state index contributed by atoms with van der Waals surface area (Å²) in [5.74, 6) is -1.27. The lowest BCUT2D eigenvalue weighted by atomic mass is 9.81. The molecule has 6 atom stereocenters. The molecule has 3 aliphatic rings. The Labute approximate surface area is 162 Å². The summed E-state index contributed by atoms with van der Waals surface area (Å²) in [5.41, 5.74) is 0.870. The van der Waals surface area contributed by atoms with Gasteiger partial charge >= 0.3 is 5.97 Å². The maximum Gasteiger partial charge on any atom is 0.326 e. The summed E-state index contributed by atoms with van der Waals surface area (Å²) in [7, 11) is 0. The molecule has 0 unspecified atom stereocenters. The van der Waals surface area contributed by atoms with Gasteiger partial charge in [0.15, 0.2) is 0 Å². The normalized spacial score (nSPS) is 36.0. The van der Waals surface area contributed by atoms with Crippen LogP contribution in [0.4, 0.5) is 0 Å². The van der Waals surface area contributed by atoms with Crippen LogP contribution in [-0.2, 0) is 25.7 Å². The molecule has 1 aliphatic heterocycles. The lowest BCUT2D eigenvalue weighted by molar-refractivity contribution is -0.154. The molecule has 25 heavy (non-hydrogen) atoms. The van der Waals surface area contributed by atoms with Crippen LogP contribution in [0, 0.1) is 23.7 Å². The summed E-state index contributed by atoms with van der Waals surface area (Å²) in [5, 5.41) is 0. The molecule has 1 aromatic rings. The van der Waals surface area contributed by atoms with Crippen molar-refractivity contribution in [1.82, 2.24) is 4.90 Å². The zero-order chi connectivity index (χ0) is 17.7. The molecular weight excluding hydrogens is 454 g/mol. The Balaban J connectivity index is 1.41. The second-order valence-corrected chi connectivity index (χ2v) is 9.03. The molecule has 1 heterocycles. The molecule has 4 rings (SSSR count). The van der Waals surface area contributed by atoms with Gasteiger partial charge in [-0.05, 0) is 23.8 Å². The van der Waals surface area contributed by atoms with E-state index in [1.165, 1.54) is 0 Å². The predicted molar refractivity (Wildman–Crippen MR) is 97.0 cm³/mol. The number of amides is 2. The van der Waals surface area contributed by atoms with Crippen molar-refractivity contribution in [2.75, 3.05) is 6.54 Å². The van der Waals surface area contributed by atoms with E-state index in [4.69, 9.17) is 4.74 Å². The Bertz CT molecular complexity index is 693. The first-order chi connectivity index (χ1) is 12.0. The van der Waals surface area contributed by atoms with Crippen molar-refractivity contribution in [3.8, 4) is 0 Å². The zero-order valence-electron chi connectivity index (χ0n) is 13.3. The third-order valence-corrected chi connectivity index (χ3v) is 8.81. The van der Waals surface area contributed by atoms with Crippen LogP contribution in [0.3, 0.4) is 0 Å². The molecule has 0 radical (unpaired) electrons. The summed E-state index contributed by atoms with van der Waals surface area (Å²) in [6.07, 6.45) is 0.880. The van der Waals surface area contributed by atoms with Crippen molar-refractivity contribution < 1.29 is 19.1 Å². The van der Waals surface area contributed by atoms with Gasteiger partial charge in [-0.1, -0.05) is 62.2 Å². The second-order valence-electron chi connectivity index (χ2n) is 6.91. The van der Waals surface area contributed by atoms with E-state index in [1.807, 2.05) is 30.3 Å². The van der Waals surface area contributed by atoms with Gasteiger partial charge in [-0.15, -0.1) is 0 Å². The first-order valence-corrected chi connectivity index (χ1v) is 10.1. The Morgan fingerprint density at radius 1 is 1.04 bits per heavy atom. The van der Waals surface area contributed by atoms with Crippen LogP contribution >= 0.6 is 31.9 Å². The molecule has 2 aliphatic carbocycles. The third-order valence-electron chi connectivity index (χ3n) is 5.61. The van der Waals surface area contributed by atoms with Crippen LogP contribution in [0.2, 0.25) is 0 Å². The smallest absolute Gasteiger partial charge is 0.326 e. The van der Waals surface area contributed by atoms with Crippen molar-refractivity contribution in [2.24, 2.45) is 23.7 Å². The number of imide groups is 1. The standard InChI is InChI=1S/C18H17Br2NO4/c19-15-10-6-11(16(15)20)14-13(10)17(23)21(18(14)24)7-12(22)25-8-9-4-2-1-3-5-9/h1-5,10-11,13-16H,6-8H2/t10-,11+,13+,14-,15+,16-. The predicted octanol–water partition coefficient (Wildman–Crippen LogP) is 2.51. The average molecular weight is 471 g/mol. The molecule has 132 valence electrons. The third kappa shape index (κ3) is 2.76. The van der Waals surface area contributed by atoms with Crippen molar-refractivity contribution in [1.29, 1.82) is 0 Å². The molecule has 7 heteroatoms. The fourth-order valence-electron chi connectivity index (χ4n) is 4.48. The van der Waals surface area contributed by atoms with E-state index >= 15 is 0 Å². The topological polar surface area (TPSA) is 63.7 Å². The number of carbonyl (C=O) groups excluding carboxylic acids is 3. The van der Waals surface area contributed by atoms with Crippen LogP contribution in [0.5, 0.6) is 0 Å². The number of esters is 1. The molecule has 0 N–H and O–H groups in total. The quantitative estimate of drug-likeness (QED) is 0.385. The summed E-state index contributed by atoms with van der Waals surface area (Å²) in [4.78, 5) is 39.0. The zero-order valence-corrected chi connectivity index (χ0v) is 16.5. The largest absolute Gasteiger partial charge is 0.459 e. The van der Waals surface area contributed by atoms with Gasteiger partial charge in [0.05, 0.1) is 11.8 Å². The van der Waals surface area contributed by atoms with Crippen LogP contribution in [0.1, 0.15) is 12.0 Å². The Morgan fingerprint density at radius 2 is 1.60 bits per heavy atom. The number of benzene rings is 1. The van der Waals surface area contributed by atoms with E-state index in [9.17, 15) is 14.4 Å². The number of carbonyl (C=O) groups is 3. The monoisotopic (exact) mass is 469 g/mol. The van der Waals surface area contributed by atoms with Gasteiger partial charge < -0.3 is 4.74 Å². The molecule has 0 aromatic heterocycles. The highest BCUT2D eigenvalue weighted by Gasteiger charge is 2.66. The molecule has 3 fully saturated rings. The van der Waals surface area contributed by atoms with Gasteiger partial charge in [-0.25, -0.2) is 0 Å². The minimum absolute atomic E-state index is 0.140. The number of alkyl halides is 2. The van der Waals surface area contributed by atoms with Gasteiger partial charge in [0.2, 0.25) is 11.8 Å². The van der Waals surface area contributed by atoms with E-state index in [2.05, 4.69) is 31.9 Å². The van der Waals surface area contributed by atoms with Gasteiger partial charge in [0, 0.05) is 9.65 Å². The highest BCUT2D eigenvalue weighted by molar-refractivity contribution is 9.12. The number of halogens is 2. The summed E-state index contributed by atoms with van der Waals surface area (Å²) in [6, 6.07) is 9.32. The van der Waals surface area contributed by atoms with E-state index in [0.29, 0.717) is 0 Å². The number of fused-ring (bicyclic) bond motifs is 5. The van der Waals surface area contributed by atoms with Crippen molar-refractivity contribution in [3.05, 3.63) is 35.9 Å². The van der Waals surface area contributed by atoms with E-state index in [0.717, 1.165) is 16.9 Å². The summed E-state index contributed by atoms with van der Waals surface area (Å²) < 4.78 is 5.22. The Kier molecular flexibility index (Phi) is 4.48. The molecule has 1 saturated heterocycles. The number of ether oxygens (including phenoxy) is 1. The fourth-order valence-corrected chi connectivity index (χ4v) is 6.35. The number of rotatable bonds is 4. The molecule has 5 nitrogen and oxygen atoms in total. The van der Waals surface area contributed by atoms with Gasteiger partial charge in [-0.3, -0.25) is 19.3 Å². The molecule has 2 saturated carbocycles. The lowest BCUT2D eigenvalue weighted by Gasteiger charge is -2.28.